The van der Waals surface area contributed by atoms with Crippen LogP contribution in [0.5, 0.6) is 5.88 Å². The molecule has 1 unspecified atom stereocenters. The molecular formula is C16H16N2O3. The maximum Gasteiger partial charge on any atom is 0.255 e. The third-order valence-corrected chi connectivity index (χ3v) is 4.02. The van der Waals surface area contributed by atoms with E-state index in [1.54, 1.807) is 4.90 Å². The number of pyridine rings is 1. The van der Waals surface area contributed by atoms with Gasteiger partial charge in [0.1, 0.15) is 0 Å². The molecule has 1 N–H and O–H groups in total. The molecule has 1 atom stereocenters. The Morgan fingerprint density at radius 1 is 1.19 bits per heavy atom. The first-order valence-corrected chi connectivity index (χ1v) is 6.78. The van der Waals surface area contributed by atoms with E-state index in [4.69, 9.17) is 0 Å². The second kappa shape index (κ2) is 4.77. The largest absolute Gasteiger partial charge is 0.494 e. The molecule has 1 aromatic carbocycles. The van der Waals surface area contributed by atoms with Gasteiger partial charge in [-0.15, -0.1) is 0 Å². The van der Waals surface area contributed by atoms with Crippen LogP contribution in [0, 0.1) is 0 Å². The SMILES string of the molecule is CC1c2c(cc(=O)n(C)c2O)C(=O)N1Cc1ccccc1. The zero-order valence-corrected chi connectivity index (χ0v) is 11.9. The van der Waals surface area contributed by atoms with E-state index in [1.807, 2.05) is 37.3 Å². The normalized spacial score (nSPS) is 17.1. The van der Waals surface area contributed by atoms with Crippen LogP contribution >= 0.6 is 0 Å². The number of benzene rings is 1. The summed E-state index contributed by atoms with van der Waals surface area (Å²) in [6, 6.07) is 10.7. The number of hydrogen-bond acceptors (Lipinski definition) is 3. The lowest BCUT2D eigenvalue weighted by Gasteiger charge is -2.22. The molecule has 0 saturated carbocycles. The predicted molar refractivity (Wildman–Crippen MR) is 78.1 cm³/mol. The molecule has 0 spiro atoms. The minimum atomic E-state index is -0.381. The molecule has 1 amide bonds. The topological polar surface area (TPSA) is 62.5 Å². The average Bonchev–Trinajstić information content (AvgIpc) is 2.71. The molecule has 0 radical (unpaired) electrons. The molecule has 1 aliphatic heterocycles. The summed E-state index contributed by atoms with van der Waals surface area (Å²) in [6.45, 7) is 2.31. The first kappa shape index (κ1) is 13.4. The molecular weight excluding hydrogens is 268 g/mol. The van der Waals surface area contributed by atoms with Gasteiger partial charge in [-0.3, -0.25) is 14.2 Å². The van der Waals surface area contributed by atoms with Gasteiger partial charge in [0.05, 0.1) is 11.6 Å². The van der Waals surface area contributed by atoms with Crippen LogP contribution in [0.15, 0.2) is 41.2 Å². The van der Waals surface area contributed by atoms with Crippen LogP contribution in [0.1, 0.15) is 34.5 Å². The summed E-state index contributed by atoms with van der Waals surface area (Å²) >= 11 is 0. The van der Waals surface area contributed by atoms with E-state index in [1.165, 1.54) is 13.1 Å². The Balaban J connectivity index is 2.03. The van der Waals surface area contributed by atoms with Crippen molar-refractivity contribution in [2.45, 2.75) is 19.5 Å². The van der Waals surface area contributed by atoms with Crippen molar-refractivity contribution in [3.63, 3.8) is 0 Å². The van der Waals surface area contributed by atoms with Gasteiger partial charge in [0.2, 0.25) is 0 Å². The Labute approximate surface area is 122 Å². The second-order valence-corrected chi connectivity index (χ2v) is 5.29. The van der Waals surface area contributed by atoms with Crippen LogP contribution in [0.2, 0.25) is 0 Å². The predicted octanol–water partition coefficient (Wildman–Crippen LogP) is 1.81. The highest BCUT2D eigenvalue weighted by atomic mass is 16.3. The summed E-state index contributed by atoms with van der Waals surface area (Å²) in [5, 5.41) is 10.2. The third kappa shape index (κ3) is 2.01. The van der Waals surface area contributed by atoms with Crippen molar-refractivity contribution in [1.82, 2.24) is 9.47 Å². The molecule has 1 aliphatic rings. The Hall–Kier alpha value is -2.56. The number of rotatable bonds is 2. The summed E-state index contributed by atoms with van der Waals surface area (Å²) in [7, 11) is 1.50. The number of carbonyl (C=O) groups is 1. The lowest BCUT2D eigenvalue weighted by molar-refractivity contribution is 0.0722. The molecule has 0 bridgehead atoms. The fourth-order valence-corrected chi connectivity index (χ4v) is 2.77. The molecule has 108 valence electrons. The van der Waals surface area contributed by atoms with E-state index >= 15 is 0 Å². The van der Waals surface area contributed by atoms with Crippen LogP contribution in [0.3, 0.4) is 0 Å². The minimum absolute atomic E-state index is 0.131. The summed E-state index contributed by atoms with van der Waals surface area (Å²) < 4.78 is 1.16. The van der Waals surface area contributed by atoms with E-state index in [9.17, 15) is 14.7 Å². The van der Waals surface area contributed by atoms with Crippen LogP contribution in [-0.2, 0) is 13.6 Å². The van der Waals surface area contributed by atoms with Gasteiger partial charge in [0, 0.05) is 25.2 Å². The number of amides is 1. The summed E-state index contributed by atoms with van der Waals surface area (Å²) in [4.78, 5) is 25.9. The molecule has 1 aromatic heterocycles. The van der Waals surface area contributed by atoms with E-state index in [0.29, 0.717) is 17.7 Å². The highest BCUT2D eigenvalue weighted by Crippen LogP contribution is 2.38. The van der Waals surface area contributed by atoms with Crippen molar-refractivity contribution in [2.75, 3.05) is 0 Å². The summed E-state index contributed by atoms with van der Waals surface area (Å²) in [5.41, 5.74) is 1.46. The molecule has 0 saturated heterocycles. The Bertz CT molecular complexity index is 765. The molecule has 0 aliphatic carbocycles. The zero-order chi connectivity index (χ0) is 15.1. The molecule has 5 heteroatoms. The fraction of sp³-hybridized carbons (Fsp3) is 0.250. The Morgan fingerprint density at radius 2 is 1.86 bits per heavy atom. The maximum absolute atomic E-state index is 12.5. The van der Waals surface area contributed by atoms with Crippen LogP contribution < -0.4 is 5.56 Å². The van der Waals surface area contributed by atoms with E-state index < -0.39 is 0 Å². The first-order valence-electron chi connectivity index (χ1n) is 6.78. The summed E-state index contributed by atoms with van der Waals surface area (Å²) in [5.74, 6) is -0.344. The molecule has 2 heterocycles. The van der Waals surface area contributed by atoms with Crippen LogP contribution in [0.25, 0.3) is 0 Å². The number of carbonyl (C=O) groups excluding carboxylic acids is 1. The highest BCUT2D eigenvalue weighted by Gasteiger charge is 2.37. The van der Waals surface area contributed by atoms with Crippen molar-refractivity contribution in [1.29, 1.82) is 0 Å². The lowest BCUT2D eigenvalue weighted by atomic mass is 10.1. The van der Waals surface area contributed by atoms with E-state index in [-0.39, 0.29) is 23.4 Å². The van der Waals surface area contributed by atoms with Crippen LogP contribution in [-0.4, -0.2) is 20.5 Å². The number of aromatic nitrogens is 1. The number of nitrogens with zero attached hydrogens (tertiary/aromatic N) is 2. The molecule has 5 nitrogen and oxygen atoms in total. The summed E-state index contributed by atoms with van der Waals surface area (Å²) in [6.07, 6.45) is 0. The Kier molecular flexibility index (Phi) is 3.05. The van der Waals surface area contributed by atoms with Gasteiger partial charge in [0.25, 0.3) is 11.5 Å². The van der Waals surface area contributed by atoms with E-state index in [0.717, 1.165) is 10.1 Å². The van der Waals surface area contributed by atoms with Gasteiger partial charge in [-0.1, -0.05) is 30.3 Å². The molecule has 0 fully saturated rings. The molecule has 2 aromatic rings. The van der Waals surface area contributed by atoms with Crippen molar-refractivity contribution in [2.24, 2.45) is 7.05 Å². The maximum atomic E-state index is 12.5. The van der Waals surface area contributed by atoms with Crippen molar-refractivity contribution in [3.05, 3.63) is 63.4 Å². The molecule has 21 heavy (non-hydrogen) atoms. The van der Waals surface area contributed by atoms with Gasteiger partial charge in [-0.25, -0.2) is 0 Å². The van der Waals surface area contributed by atoms with Gasteiger partial charge in [-0.2, -0.15) is 0 Å². The smallest absolute Gasteiger partial charge is 0.255 e. The number of aromatic hydroxyl groups is 1. The number of fused-ring (bicyclic) bond motifs is 1. The second-order valence-electron chi connectivity index (χ2n) is 5.29. The lowest BCUT2D eigenvalue weighted by Crippen LogP contribution is -2.26. The molecule has 3 rings (SSSR count). The van der Waals surface area contributed by atoms with Crippen molar-refractivity contribution < 1.29 is 9.90 Å². The van der Waals surface area contributed by atoms with Crippen LogP contribution in [0.4, 0.5) is 0 Å². The monoisotopic (exact) mass is 284 g/mol. The van der Waals surface area contributed by atoms with Crippen molar-refractivity contribution >= 4 is 5.91 Å². The Morgan fingerprint density at radius 3 is 2.52 bits per heavy atom. The highest BCUT2D eigenvalue weighted by molar-refractivity contribution is 5.99. The third-order valence-electron chi connectivity index (χ3n) is 4.02. The van der Waals surface area contributed by atoms with Gasteiger partial charge >= 0.3 is 0 Å². The first-order chi connectivity index (χ1) is 10.0. The van der Waals surface area contributed by atoms with Crippen molar-refractivity contribution in [3.8, 4) is 5.88 Å². The average molecular weight is 284 g/mol. The van der Waals surface area contributed by atoms with Gasteiger partial charge in [-0.05, 0) is 12.5 Å². The fourth-order valence-electron chi connectivity index (χ4n) is 2.77. The zero-order valence-electron chi connectivity index (χ0n) is 11.9. The van der Waals surface area contributed by atoms with E-state index in [2.05, 4.69) is 0 Å². The minimum Gasteiger partial charge on any atom is -0.494 e. The van der Waals surface area contributed by atoms with Gasteiger partial charge in [0.15, 0.2) is 5.88 Å². The van der Waals surface area contributed by atoms with Gasteiger partial charge < -0.3 is 10.0 Å². The standard InChI is InChI=1S/C16H16N2O3/c1-10-14-12(8-13(19)17(2)16(14)21)15(20)18(10)9-11-6-4-3-5-7-11/h3-8,10,21H,9H2,1-2H3. The quantitative estimate of drug-likeness (QED) is 0.914. The number of hydrogen-bond donors (Lipinski definition) is 1.